The van der Waals surface area contributed by atoms with Crippen molar-refractivity contribution in [1.29, 1.82) is 0 Å². The summed E-state index contributed by atoms with van der Waals surface area (Å²) in [5, 5.41) is 1.92. The lowest BCUT2D eigenvalue weighted by Gasteiger charge is -2.40. The molecular weight excluding hydrogens is 386 g/mol. The lowest BCUT2D eigenvalue weighted by atomic mass is 9.95. The van der Waals surface area contributed by atoms with E-state index >= 15 is 0 Å². The van der Waals surface area contributed by atoms with Crippen molar-refractivity contribution in [3.8, 4) is 0 Å². The van der Waals surface area contributed by atoms with Crippen molar-refractivity contribution in [2.24, 2.45) is 5.92 Å². The summed E-state index contributed by atoms with van der Waals surface area (Å²) in [4.78, 5) is 33.0. The Morgan fingerprint density at radius 2 is 1.83 bits per heavy atom. The van der Waals surface area contributed by atoms with Gasteiger partial charge in [0.25, 0.3) is 5.91 Å². The number of hydrogen-bond donors (Lipinski definition) is 0. The van der Waals surface area contributed by atoms with Crippen LogP contribution in [0.5, 0.6) is 0 Å². The van der Waals surface area contributed by atoms with Gasteiger partial charge in [-0.1, -0.05) is 6.07 Å². The Morgan fingerprint density at radius 1 is 1.10 bits per heavy atom. The first kappa shape index (κ1) is 20.8. The van der Waals surface area contributed by atoms with Gasteiger partial charge in [-0.2, -0.15) is 0 Å². The number of ether oxygens (including phenoxy) is 1. The maximum atomic E-state index is 13.2. The maximum Gasteiger partial charge on any atom is 0.264 e. The van der Waals surface area contributed by atoms with Crippen LogP contribution in [0.1, 0.15) is 49.2 Å². The summed E-state index contributed by atoms with van der Waals surface area (Å²) in [7, 11) is 0. The highest BCUT2D eigenvalue weighted by molar-refractivity contribution is 7.12. The SMILES string of the molecule is CC1CN(CC2CCN(C(=O)[C@@H]3CCCN3C(=O)c3cccs3)CC2)CC(C)O1. The van der Waals surface area contributed by atoms with Gasteiger partial charge in [0.2, 0.25) is 5.91 Å². The van der Waals surface area contributed by atoms with E-state index in [0.717, 1.165) is 63.3 Å². The van der Waals surface area contributed by atoms with Gasteiger partial charge in [-0.15, -0.1) is 11.3 Å². The van der Waals surface area contributed by atoms with E-state index in [1.807, 2.05) is 22.4 Å². The number of hydrogen-bond acceptors (Lipinski definition) is 5. The predicted molar refractivity (Wildman–Crippen MR) is 114 cm³/mol. The van der Waals surface area contributed by atoms with Crippen molar-refractivity contribution >= 4 is 23.2 Å². The zero-order valence-corrected chi connectivity index (χ0v) is 18.4. The maximum absolute atomic E-state index is 13.2. The Bertz CT molecular complexity index is 692. The van der Waals surface area contributed by atoms with Gasteiger partial charge in [0.05, 0.1) is 17.1 Å². The summed E-state index contributed by atoms with van der Waals surface area (Å²) < 4.78 is 5.84. The van der Waals surface area contributed by atoms with Crippen LogP contribution < -0.4 is 0 Å². The van der Waals surface area contributed by atoms with Crippen LogP contribution in [-0.4, -0.2) is 84.0 Å². The van der Waals surface area contributed by atoms with Crippen LogP contribution in [0.25, 0.3) is 0 Å². The molecular formula is C22H33N3O3S. The molecule has 0 aromatic carbocycles. The number of likely N-dealkylation sites (tertiary alicyclic amines) is 2. The highest BCUT2D eigenvalue weighted by Crippen LogP contribution is 2.26. The molecule has 3 atom stereocenters. The molecule has 7 heteroatoms. The van der Waals surface area contributed by atoms with Crippen LogP contribution in [0.3, 0.4) is 0 Å². The minimum atomic E-state index is -0.276. The summed E-state index contributed by atoms with van der Waals surface area (Å²) in [6, 6.07) is 3.47. The molecule has 2 amide bonds. The van der Waals surface area contributed by atoms with E-state index in [9.17, 15) is 9.59 Å². The molecule has 2 unspecified atom stereocenters. The van der Waals surface area contributed by atoms with Gasteiger partial charge >= 0.3 is 0 Å². The molecule has 0 spiro atoms. The van der Waals surface area contributed by atoms with Gasteiger partial charge in [-0.05, 0) is 56.9 Å². The van der Waals surface area contributed by atoms with Gasteiger partial charge in [0.1, 0.15) is 6.04 Å². The molecule has 160 valence electrons. The normalized spacial score (nSPS) is 29.4. The Labute approximate surface area is 177 Å². The molecule has 0 bridgehead atoms. The summed E-state index contributed by atoms with van der Waals surface area (Å²) >= 11 is 1.45. The second-order valence-electron chi connectivity index (χ2n) is 8.88. The second-order valence-corrected chi connectivity index (χ2v) is 9.83. The smallest absolute Gasteiger partial charge is 0.264 e. The fourth-order valence-corrected chi connectivity index (χ4v) is 5.83. The first-order valence-corrected chi connectivity index (χ1v) is 11.9. The highest BCUT2D eigenvalue weighted by atomic mass is 32.1. The Hall–Kier alpha value is -1.44. The number of carbonyl (C=O) groups is 2. The molecule has 6 nitrogen and oxygen atoms in total. The number of piperidine rings is 1. The van der Waals surface area contributed by atoms with E-state index in [1.54, 1.807) is 4.90 Å². The molecule has 3 aliphatic rings. The number of thiophene rings is 1. The molecule has 3 fully saturated rings. The van der Waals surface area contributed by atoms with Gasteiger partial charge in [0, 0.05) is 39.3 Å². The lowest BCUT2D eigenvalue weighted by molar-refractivity contribution is -0.137. The minimum absolute atomic E-state index is 0.0151. The number of amides is 2. The zero-order valence-electron chi connectivity index (χ0n) is 17.6. The van der Waals surface area contributed by atoms with Gasteiger partial charge < -0.3 is 14.5 Å². The van der Waals surface area contributed by atoms with Crippen LogP contribution >= 0.6 is 11.3 Å². The van der Waals surface area contributed by atoms with E-state index in [1.165, 1.54) is 11.3 Å². The van der Waals surface area contributed by atoms with E-state index in [2.05, 4.69) is 18.7 Å². The number of rotatable bonds is 4. The summed E-state index contributed by atoms with van der Waals surface area (Å²) in [6.45, 7) is 9.73. The molecule has 1 aromatic heterocycles. The minimum Gasteiger partial charge on any atom is -0.373 e. The quantitative estimate of drug-likeness (QED) is 0.753. The van der Waals surface area contributed by atoms with Crippen molar-refractivity contribution in [2.45, 2.75) is 57.8 Å². The summed E-state index contributed by atoms with van der Waals surface area (Å²) in [5.41, 5.74) is 0. The van der Waals surface area contributed by atoms with Gasteiger partial charge in [0.15, 0.2) is 0 Å². The lowest BCUT2D eigenvalue weighted by Crippen LogP contribution is -2.51. The molecule has 0 saturated carbocycles. The molecule has 4 rings (SSSR count). The van der Waals surface area contributed by atoms with E-state index in [4.69, 9.17) is 4.74 Å². The van der Waals surface area contributed by atoms with Crippen molar-refractivity contribution in [2.75, 3.05) is 39.3 Å². The van der Waals surface area contributed by atoms with Crippen molar-refractivity contribution in [3.63, 3.8) is 0 Å². The zero-order chi connectivity index (χ0) is 20.4. The molecule has 3 saturated heterocycles. The number of nitrogens with zero attached hydrogens (tertiary/aromatic N) is 3. The molecule has 0 aliphatic carbocycles. The standard InChI is InChI=1S/C22H33N3O3S/c1-16-13-23(14-17(2)28-16)15-18-7-10-24(11-8-18)21(26)19-5-3-9-25(19)22(27)20-6-4-12-29-20/h4,6,12,16-19H,3,5,7-11,13-15H2,1-2H3/t16?,17?,19-/m0/s1. The molecule has 0 radical (unpaired) electrons. The first-order valence-electron chi connectivity index (χ1n) is 11.0. The van der Waals surface area contributed by atoms with Gasteiger partial charge in [-0.25, -0.2) is 0 Å². The molecule has 3 aliphatic heterocycles. The fourth-order valence-electron chi connectivity index (χ4n) is 5.15. The second kappa shape index (κ2) is 9.14. The fraction of sp³-hybridized carbons (Fsp3) is 0.727. The number of carbonyl (C=O) groups excluding carboxylic acids is 2. The third kappa shape index (κ3) is 4.84. The molecule has 1 aromatic rings. The van der Waals surface area contributed by atoms with Crippen molar-refractivity contribution in [3.05, 3.63) is 22.4 Å². The third-order valence-corrected chi connectivity index (χ3v) is 7.33. The Kier molecular flexibility index (Phi) is 6.56. The van der Waals surface area contributed by atoms with Crippen LogP contribution in [0.2, 0.25) is 0 Å². The van der Waals surface area contributed by atoms with Crippen LogP contribution in [0.4, 0.5) is 0 Å². The average molecular weight is 420 g/mol. The van der Waals surface area contributed by atoms with E-state index in [0.29, 0.717) is 24.7 Å². The third-order valence-electron chi connectivity index (χ3n) is 6.47. The van der Waals surface area contributed by atoms with Crippen LogP contribution in [0.15, 0.2) is 17.5 Å². The number of morpholine rings is 1. The van der Waals surface area contributed by atoms with Crippen LogP contribution in [0, 0.1) is 5.92 Å². The predicted octanol–water partition coefficient (Wildman–Crippen LogP) is 2.70. The van der Waals surface area contributed by atoms with Crippen molar-refractivity contribution < 1.29 is 14.3 Å². The summed E-state index contributed by atoms with van der Waals surface area (Å²) in [6.07, 6.45) is 4.41. The van der Waals surface area contributed by atoms with E-state index < -0.39 is 0 Å². The highest BCUT2D eigenvalue weighted by Gasteiger charge is 2.38. The Morgan fingerprint density at radius 3 is 2.48 bits per heavy atom. The van der Waals surface area contributed by atoms with Gasteiger partial charge in [-0.3, -0.25) is 14.5 Å². The largest absolute Gasteiger partial charge is 0.373 e. The van der Waals surface area contributed by atoms with Crippen molar-refractivity contribution in [1.82, 2.24) is 14.7 Å². The first-order chi connectivity index (χ1) is 14.0. The summed E-state index contributed by atoms with van der Waals surface area (Å²) in [5.74, 6) is 0.810. The monoisotopic (exact) mass is 419 g/mol. The Balaban J connectivity index is 1.29. The molecule has 29 heavy (non-hydrogen) atoms. The molecule has 4 heterocycles. The van der Waals surface area contributed by atoms with E-state index in [-0.39, 0.29) is 17.9 Å². The molecule has 0 N–H and O–H groups in total. The topological polar surface area (TPSA) is 53.1 Å². The average Bonchev–Trinajstić information content (AvgIpc) is 3.39. The van der Waals surface area contributed by atoms with Crippen LogP contribution in [-0.2, 0) is 9.53 Å².